The van der Waals surface area contributed by atoms with Gasteiger partial charge in [-0.15, -0.1) is 11.3 Å². The van der Waals surface area contributed by atoms with Gasteiger partial charge in [0.25, 0.3) is 5.91 Å². The van der Waals surface area contributed by atoms with Crippen molar-refractivity contribution in [2.75, 3.05) is 25.0 Å². The van der Waals surface area contributed by atoms with Crippen molar-refractivity contribution >= 4 is 33.0 Å². The zero-order valence-electron chi connectivity index (χ0n) is 18.3. The van der Waals surface area contributed by atoms with Crippen LogP contribution in [0.25, 0.3) is 0 Å². The van der Waals surface area contributed by atoms with E-state index in [0.717, 1.165) is 17.7 Å². The molecule has 4 rings (SSSR count). The molecule has 9 heteroatoms. The number of thiophene rings is 1. The number of anilines is 1. The molecule has 7 nitrogen and oxygen atoms in total. The van der Waals surface area contributed by atoms with Crippen molar-refractivity contribution in [3.63, 3.8) is 0 Å². The van der Waals surface area contributed by atoms with E-state index < -0.39 is 10.0 Å². The number of nitrogens with one attached hydrogen (secondary N) is 1. The van der Waals surface area contributed by atoms with Crippen LogP contribution in [0.2, 0.25) is 0 Å². The maximum absolute atomic E-state index is 13.2. The van der Waals surface area contributed by atoms with Crippen molar-refractivity contribution < 1.29 is 22.7 Å². The van der Waals surface area contributed by atoms with E-state index in [0.29, 0.717) is 43.3 Å². The van der Waals surface area contributed by atoms with Crippen molar-refractivity contribution in [2.45, 2.75) is 31.3 Å². The number of carbonyl (C=O) groups excluding carboxylic acids is 1. The Kier molecular flexibility index (Phi) is 7.32. The molecule has 2 aromatic carbocycles. The predicted octanol–water partition coefficient (Wildman–Crippen LogP) is 4.76. The minimum absolute atomic E-state index is 0.0667. The molecule has 1 aliphatic rings. The first-order valence-electron chi connectivity index (χ1n) is 10.8. The molecule has 1 N–H and O–H groups in total. The number of hydrogen-bond acceptors (Lipinski definition) is 6. The molecule has 0 saturated carbocycles. The molecule has 0 atom stereocenters. The standard InChI is InChI=1S/C24H26N2O5S2/c1-2-30-22-11-10-19(16-23(22)33(28,29)26-12-3-4-13-26)25-24(27)18-7-5-8-20(15-18)31-17-21-9-6-14-32-21/h5-11,14-16H,2-4,12-13,17H2,1H3,(H,25,27). The van der Waals surface area contributed by atoms with Gasteiger partial charge in [-0.1, -0.05) is 12.1 Å². The number of ether oxygens (including phenoxy) is 2. The van der Waals surface area contributed by atoms with Crippen LogP contribution in [0.15, 0.2) is 64.9 Å². The fraction of sp³-hybridized carbons (Fsp3) is 0.292. The van der Waals surface area contributed by atoms with E-state index in [9.17, 15) is 13.2 Å². The third kappa shape index (κ3) is 5.55. The van der Waals surface area contributed by atoms with Crippen LogP contribution >= 0.6 is 11.3 Å². The first-order valence-corrected chi connectivity index (χ1v) is 13.1. The van der Waals surface area contributed by atoms with Gasteiger partial charge in [-0.3, -0.25) is 4.79 Å². The summed E-state index contributed by atoms with van der Waals surface area (Å²) in [6.45, 7) is 3.55. The third-order valence-corrected chi connectivity index (χ3v) is 8.01. The number of rotatable bonds is 9. The lowest BCUT2D eigenvalue weighted by Crippen LogP contribution is -2.28. The van der Waals surface area contributed by atoms with E-state index in [-0.39, 0.29) is 16.6 Å². The number of benzene rings is 2. The lowest BCUT2D eigenvalue weighted by molar-refractivity contribution is 0.102. The van der Waals surface area contributed by atoms with Crippen LogP contribution in [0.1, 0.15) is 35.0 Å². The first kappa shape index (κ1) is 23.3. The Morgan fingerprint density at radius 3 is 2.61 bits per heavy atom. The predicted molar refractivity (Wildman–Crippen MR) is 129 cm³/mol. The molecule has 0 radical (unpaired) electrons. The number of carbonyl (C=O) groups is 1. The van der Waals surface area contributed by atoms with Gasteiger partial charge in [0.2, 0.25) is 10.0 Å². The van der Waals surface area contributed by atoms with Gasteiger partial charge in [-0.2, -0.15) is 4.31 Å². The average molecular weight is 487 g/mol. The lowest BCUT2D eigenvalue weighted by atomic mass is 10.2. The minimum atomic E-state index is -3.71. The summed E-state index contributed by atoms with van der Waals surface area (Å²) < 4.78 is 39.2. The second kappa shape index (κ2) is 10.4. The fourth-order valence-electron chi connectivity index (χ4n) is 3.61. The Morgan fingerprint density at radius 2 is 1.88 bits per heavy atom. The molecule has 1 fully saturated rings. The van der Waals surface area contributed by atoms with Crippen molar-refractivity contribution in [3.8, 4) is 11.5 Å². The molecule has 0 spiro atoms. The summed E-state index contributed by atoms with van der Waals surface area (Å²) in [5, 5.41) is 4.78. The van der Waals surface area contributed by atoms with Gasteiger partial charge in [0, 0.05) is 29.2 Å². The van der Waals surface area contributed by atoms with Crippen LogP contribution < -0.4 is 14.8 Å². The quantitative estimate of drug-likeness (QED) is 0.471. The summed E-state index contributed by atoms with van der Waals surface area (Å²) in [6.07, 6.45) is 1.68. The fourth-order valence-corrected chi connectivity index (χ4v) is 5.90. The molecule has 0 bridgehead atoms. The maximum Gasteiger partial charge on any atom is 0.255 e. The molecule has 1 saturated heterocycles. The Bertz CT molecular complexity index is 1200. The van der Waals surface area contributed by atoms with Gasteiger partial charge in [0.05, 0.1) is 6.61 Å². The van der Waals surface area contributed by atoms with Crippen molar-refractivity contribution in [3.05, 3.63) is 70.4 Å². The largest absolute Gasteiger partial charge is 0.492 e. The molecule has 33 heavy (non-hydrogen) atoms. The van der Waals surface area contributed by atoms with Gasteiger partial charge in [0.15, 0.2) is 0 Å². The number of nitrogens with zero attached hydrogens (tertiary/aromatic N) is 1. The van der Waals surface area contributed by atoms with Gasteiger partial charge in [-0.25, -0.2) is 8.42 Å². The summed E-state index contributed by atoms with van der Waals surface area (Å²) in [5.41, 5.74) is 0.794. The third-order valence-electron chi connectivity index (χ3n) is 5.24. The van der Waals surface area contributed by atoms with Crippen molar-refractivity contribution in [2.24, 2.45) is 0 Å². The van der Waals surface area contributed by atoms with Gasteiger partial charge in [-0.05, 0) is 67.6 Å². The van der Waals surface area contributed by atoms with Crippen molar-refractivity contribution in [1.82, 2.24) is 4.31 Å². The Labute approximate surface area is 198 Å². The van der Waals surface area contributed by atoms with E-state index in [1.54, 1.807) is 54.7 Å². The Hall–Kier alpha value is -2.88. The lowest BCUT2D eigenvalue weighted by Gasteiger charge is -2.19. The number of hydrogen-bond donors (Lipinski definition) is 1. The van der Waals surface area contributed by atoms with Crippen molar-refractivity contribution in [1.29, 1.82) is 0 Å². The second-order valence-electron chi connectivity index (χ2n) is 7.56. The molecular formula is C24H26N2O5S2. The topological polar surface area (TPSA) is 84.9 Å². The van der Waals surface area contributed by atoms with E-state index in [1.807, 2.05) is 17.5 Å². The van der Waals surface area contributed by atoms with Crippen LogP contribution in [0.4, 0.5) is 5.69 Å². The van der Waals surface area contributed by atoms with Crippen LogP contribution in [0.5, 0.6) is 11.5 Å². The molecule has 0 aliphatic carbocycles. The molecular weight excluding hydrogens is 460 g/mol. The normalized spacial score (nSPS) is 14.2. The van der Waals surface area contributed by atoms with E-state index >= 15 is 0 Å². The number of amides is 1. The molecule has 3 aromatic rings. The highest BCUT2D eigenvalue weighted by molar-refractivity contribution is 7.89. The zero-order valence-corrected chi connectivity index (χ0v) is 20.0. The van der Waals surface area contributed by atoms with Crippen LogP contribution in [0.3, 0.4) is 0 Å². The van der Waals surface area contributed by atoms with Gasteiger partial charge < -0.3 is 14.8 Å². The van der Waals surface area contributed by atoms with E-state index in [4.69, 9.17) is 9.47 Å². The highest BCUT2D eigenvalue weighted by Crippen LogP contribution is 2.32. The highest BCUT2D eigenvalue weighted by Gasteiger charge is 2.30. The van der Waals surface area contributed by atoms with Gasteiger partial charge >= 0.3 is 0 Å². The Morgan fingerprint density at radius 1 is 1.06 bits per heavy atom. The SMILES string of the molecule is CCOc1ccc(NC(=O)c2cccc(OCc3cccs3)c2)cc1S(=O)(=O)N1CCCC1. The first-order chi connectivity index (χ1) is 16.0. The average Bonchev–Trinajstić information content (AvgIpc) is 3.54. The Balaban J connectivity index is 1.52. The summed E-state index contributed by atoms with van der Waals surface area (Å²) in [4.78, 5) is 14.0. The van der Waals surface area contributed by atoms with Crippen LogP contribution in [-0.2, 0) is 16.6 Å². The second-order valence-corrected chi connectivity index (χ2v) is 10.5. The molecule has 0 unspecified atom stereocenters. The van der Waals surface area contributed by atoms with Gasteiger partial charge in [0.1, 0.15) is 23.0 Å². The monoisotopic (exact) mass is 486 g/mol. The highest BCUT2D eigenvalue weighted by atomic mass is 32.2. The summed E-state index contributed by atoms with van der Waals surface area (Å²) in [7, 11) is -3.71. The van der Waals surface area contributed by atoms with Crippen LogP contribution in [0, 0.1) is 0 Å². The summed E-state index contributed by atoms with van der Waals surface area (Å²) in [5.74, 6) is 0.511. The molecule has 174 valence electrons. The summed E-state index contributed by atoms with van der Waals surface area (Å²) in [6, 6.07) is 15.5. The number of sulfonamides is 1. The zero-order chi connectivity index (χ0) is 23.3. The molecule has 2 heterocycles. The molecule has 1 aliphatic heterocycles. The molecule has 1 aromatic heterocycles. The smallest absolute Gasteiger partial charge is 0.255 e. The van der Waals surface area contributed by atoms with Crippen LogP contribution in [-0.4, -0.2) is 38.3 Å². The molecule has 1 amide bonds. The van der Waals surface area contributed by atoms with E-state index in [2.05, 4.69) is 5.32 Å². The van der Waals surface area contributed by atoms with E-state index in [1.165, 1.54) is 10.4 Å². The minimum Gasteiger partial charge on any atom is -0.492 e. The summed E-state index contributed by atoms with van der Waals surface area (Å²) >= 11 is 1.60. The maximum atomic E-state index is 13.2.